The van der Waals surface area contributed by atoms with Crippen molar-refractivity contribution in [3.8, 4) is 22.8 Å². The third-order valence-electron chi connectivity index (χ3n) is 8.53. The zero-order valence-electron chi connectivity index (χ0n) is 25.9. The predicted molar refractivity (Wildman–Crippen MR) is 174 cm³/mol. The van der Waals surface area contributed by atoms with Crippen molar-refractivity contribution >= 4 is 35.3 Å². The number of aliphatic hydroxyl groups is 1. The summed E-state index contributed by atoms with van der Waals surface area (Å²) in [5.41, 5.74) is 9.09. The second kappa shape index (κ2) is 12.5. The van der Waals surface area contributed by atoms with Crippen molar-refractivity contribution in [1.82, 2.24) is 15.3 Å². The molecule has 2 amide bonds. The Morgan fingerprint density at radius 1 is 1.21 bits per heavy atom. The van der Waals surface area contributed by atoms with Crippen LogP contribution in [0.4, 0.5) is 14.5 Å². The van der Waals surface area contributed by atoms with E-state index in [2.05, 4.69) is 20.3 Å². The molecule has 2 aromatic carbocycles. The van der Waals surface area contributed by atoms with E-state index in [1.54, 1.807) is 24.4 Å². The summed E-state index contributed by atoms with van der Waals surface area (Å²) in [7, 11) is 1.42. The highest BCUT2D eigenvalue weighted by atomic mass is 35.5. The zero-order valence-corrected chi connectivity index (χ0v) is 26.6. The number of primary amides is 1. The first-order valence-corrected chi connectivity index (χ1v) is 15.3. The van der Waals surface area contributed by atoms with Crippen LogP contribution in [0.15, 0.2) is 59.7 Å². The molecule has 2 atom stereocenters. The van der Waals surface area contributed by atoms with E-state index in [1.165, 1.54) is 38.4 Å². The molecule has 1 saturated carbocycles. The van der Waals surface area contributed by atoms with Gasteiger partial charge < -0.3 is 31.4 Å². The van der Waals surface area contributed by atoms with Crippen LogP contribution in [0.25, 0.3) is 11.3 Å². The highest BCUT2D eigenvalue weighted by molar-refractivity contribution is 6.31. The lowest BCUT2D eigenvalue weighted by Crippen LogP contribution is -2.44. The predicted octanol–water partition coefficient (Wildman–Crippen LogP) is 4.05. The highest BCUT2D eigenvalue weighted by Gasteiger charge is 2.46. The normalized spacial score (nSPS) is 18.2. The second-order valence-corrected chi connectivity index (χ2v) is 12.3. The molecule has 0 bridgehead atoms. The van der Waals surface area contributed by atoms with Crippen molar-refractivity contribution < 1.29 is 33.0 Å². The minimum absolute atomic E-state index is 0.00314. The Kier molecular flexibility index (Phi) is 8.52. The molecular formula is C34H31ClF2N6O5. The molecule has 0 radical (unpaired) electrons. The number of nitrogens with zero attached hydrogens (tertiary/aromatic N) is 3. The van der Waals surface area contributed by atoms with Gasteiger partial charge in [0.15, 0.2) is 5.60 Å². The number of nitrogens with two attached hydrogens (primary N) is 2. The molecule has 4 aromatic rings. The molecule has 6 rings (SSSR count). The van der Waals surface area contributed by atoms with Crippen molar-refractivity contribution in [3.63, 3.8) is 0 Å². The minimum atomic E-state index is -2.17. The number of nitrogens with one attached hydrogen (secondary N) is 1. The summed E-state index contributed by atoms with van der Waals surface area (Å²) in [6.45, 7) is 0.826. The number of pyridine rings is 2. The molecule has 1 fully saturated rings. The van der Waals surface area contributed by atoms with Crippen molar-refractivity contribution in [1.29, 1.82) is 0 Å². The van der Waals surface area contributed by atoms with E-state index in [9.17, 15) is 19.1 Å². The summed E-state index contributed by atoms with van der Waals surface area (Å²) in [5, 5.41) is 14.8. The van der Waals surface area contributed by atoms with Gasteiger partial charge in [0.25, 0.3) is 5.91 Å². The lowest BCUT2D eigenvalue weighted by atomic mass is 9.81. The Labute approximate surface area is 279 Å². The van der Waals surface area contributed by atoms with E-state index < -0.39 is 46.0 Å². The Hall–Kier alpha value is -5.14. The number of amides is 2. The molecule has 1 aliphatic carbocycles. The molecule has 2 aliphatic rings. The first-order chi connectivity index (χ1) is 22.9. The number of fused-ring (bicyclic) bond motifs is 1. The number of anilines is 1. The van der Waals surface area contributed by atoms with Gasteiger partial charge in [-0.1, -0.05) is 17.7 Å². The van der Waals surface area contributed by atoms with Gasteiger partial charge in [-0.05, 0) is 56.2 Å². The number of carbonyl (C=O) groups is 2. The number of halogens is 3. The maximum absolute atomic E-state index is 15.3. The largest absolute Gasteiger partial charge is 0.495 e. The standard InChI is InChI=1S/C34H31ClF2N6O5/c1-33(32(39)45)16-48-30-21(33)12-27(43-29(30)20-11-22(35)24(37)13-23(20)36)34(46,26-5-3-4-8-40-26)15-42-31(44)17-9-18(14-41-19-6-7-19)28(38)25(10-17)47-2/h3-5,8-14,19,46H,6-7,15-16,38H2,1-2H3,(H2,39,45)(H,42,44)/t33-,34+/m0/s1. The fraction of sp³-hybridized carbons (Fsp3) is 0.265. The summed E-state index contributed by atoms with van der Waals surface area (Å²) in [6.07, 6.45) is 4.99. The maximum Gasteiger partial charge on any atom is 0.251 e. The van der Waals surface area contributed by atoms with Gasteiger partial charge in [0.1, 0.15) is 40.8 Å². The van der Waals surface area contributed by atoms with E-state index in [0.29, 0.717) is 17.3 Å². The monoisotopic (exact) mass is 676 g/mol. The number of ether oxygens (including phenoxy) is 2. The van der Waals surface area contributed by atoms with Crippen LogP contribution in [-0.4, -0.2) is 59.4 Å². The molecule has 48 heavy (non-hydrogen) atoms. The number of hydrogen-bond donors (Lipinski definition) is 4. The van der Waals surface area contributed by atoms with E-state index in [1.807, 2.05) is 0 Å². The van der Waals surface area contributed by atoms with Crippen LogP contribution in [0.5, 0.6) is 11.5 Å². The third kappa shape index (κ3) is 5.90. The van der Waals surface area contributed by atoms with E-state index in [0.717, 1.165) is 18.9 Å². The third-order valence-corrected chi connectivity index (χ3v) is 8.82. The maximum atomic E-state index is 15.3. The Morgan fingerprint density at radius 2 is 1.98 bits per heavy atom. The molecule has 0 unspecified atom stereocenters. The van der Waals surface area contributed by atoms with Crippen LogP contribution >= 0.6 is 11.6 Å². The molecule has 3 heterocycles. The molecular weight excluding hydrogens is 646 g/mol. The lowest BCUT2D eigenvalue weighted by Gasteiger charge is -2.29. The van der Waals surface area contributed by atoms with Crippen LogP contribution in [0.2, 0.25) is 5.02 Å². The number of aromatic nitrogens is 2. The minimum Gasteiger partial charge on any atom is -0.495 e. The molecule has 0 spiro atoms. The summed E-state index contributed by atoms with van der Waals surface area (Å²) in [4.78, 5) is 39.7. The molecule has 1 aliphatic heterocycles. The van der Waals surface area contributed by atoms with Crippen LogP contribution in [0, 0.1) is 11.6 Å². The molecule has 6 N–H and O–H groups in total. The Balaban J connectivity index is 1.46. The quantitative estimate of drug-likeness (QED) is 0.111. The number of benzene rings is 2. The topological polar surface area (TPSA) is 175 Å². The summed E-state index contributed by atoms with van der Waals surface area (Å²) in [5.74, 6) is -3.11. The summed E-state index contributed by atoms with van der Waals surface area (Å²) >= 11 is 6.03. The highest BCUT2D eigenvalue weighted by Crippen LogP contribution is 2.47. The van der Waals surface area contributed by atoms with Gasteiger partial charge in [-0.2, -0.15) is 0 Å². The fourth-order valence-electron chi connectivity index (χ4n) is 5.38. The first-order valence-electron chi connectivity index (χ1n) is 14.9. The van der Waals surface area contributed by atoms with E-state index in [4.69, 9.17) is 32.5 Å². The van der Waals surface area contributed by atoms with Gasteiger partial charge in [0.05, 0.1) is 41.8 Å². The van der Waals surface area contributed by atoms with Gasteiger partial charge in [-0.15, -0.1) is 0 Å². The van der Waals surface area contributed by atoms with Crippen LogP contribution < -0.4 is 26.3 Å². The number of rotatable bonds is 10. The van der Waals surface area contributed by atoms with Crippen molar-refractivity contribution in [2.24, 2.45) is 10.7 Å². The number of aliphatic imine (C=N–C) groups is 1. The van der Waals surface area contributed by atoms with Gasteiger partial charge >= 0.3 is 0 Å². The van der Waals surface area contributed by atoms with Crippen LogP contribution in [0.1, 0.15) is 52.6 Å². The SMILES string of the molecule is COc1cc(C(=O)NC[C@@](O)(c2ccccn2)c2cc3c(c(-c4cc(Cl)c(F)cc4F)n2)OC[C@]3(C)C(N)=O)cc(C=NC2CC2)c1N. The lowest BCUT2D eigenvalue weighted by molar-refractivity contribution is -0.123. The van der Waals surface area contributed by atoms with Crippen molar-refractivity contribution in [3.05, 3.63) is 99.5 Å². The number of methoxy groups -OCH3 is 1. The molecule has 248 valence electrons. The number of hydrogen-bond acceptors (Lipinski definition) is 9. The zero-order chi connectivity index (χ0) is 34.4. The van der Waals surface area contributed by atoms with Gasteiger partial charge in [0.2, 0.25) is 5.91 Å². The van der Waals surface area contributed by atoms with Crippen LogP contribution in [0.3, 0.4) is 0 Å². The summed E-state index contributed by atoms with van der Waals surface area (Å²) in [6, 6.07) is 11.0. The Morgan fingerprint density at radius 3 is 2.65 bits per heavy atom. The van der Waals surface area contributed by atoms with Gasteiger partial charge in [-0.3, -0.25) is 19.6 Å². The van der Waals surface area contributed by atoms with Crippen LogP contribution in [-0.2, 0) is 15.8 Å². The van der Waals surface area contributed by atoms with Gasteiger partial charge in [0, 0.05) is 40.7 Å². The molecule has 2 aromatic heterocycles. The fourth-order valence-corrected chi connectivity index (χ4v) is 5.54. The molecule has 14 heteroatoms. The van der Waals surface area contributed by atoms with Crippen molar-refractivity contribution in [2.45, 2.75) is 36.8 Å². The number of carbonyl (C=O) groups excluding carboxylic acids is 2. The average Bonchev–Trinajstić information content (AvgIpc) is 3.85. The summed E-state index contributed by atoms with van der Waals surface area (Å²) < 4.78 is 40.7. The molecule has 11 nitrogen and oxygen atoms in total. The molecule has 0 saturated heterocycles. The number of nitrogen functional groups attached to an aromatic ring is 1. The average molecular weight is 677 g/mol. The smallest absolute Gasteiger partial charge is 0.251 e. The Bertz CT molecular complexity index is 1980. The first kappa shape index (κ1) is 32.8. The second-order valence-electron chi connectivity index (χ2n) is 11.9. The van der Waals surface area contributed by atoms with Gasteiger partial charge in [-0.25, -0.2) is 13.8 Å². The van der Waals surface area contributed by atoms with E-state index >= 15 is 4.39 Å². The van der Waals surface area contributed by atoms with E-state index in [-0.39, 0.29) is 57.9 Å². The van der Waals surface area contributed by atoms with Crippen molar-refractivity contribution in [2.75, 3.05) is 26.0 Å².